The quantitative estimate of drug-likeness (QED) is 0.617. The van der Waals surface area contributed by atoms with Crippen LogP contribution in [0.15, 0.2) is 53.4 Å². The van der Waals surface area contributed by atoms with Crippen LogP contribution in [-0.2, 0) is 14.8 Å². The van der Waals surface area contributed by atoms with E-state index in [-0.39, 0.29) is 23.5 Å². The minimum atomic E-state index is -3.56. The molecule has 1 heterocycles. The summed E-state index contributed by atoms with van der Waals surface area (Å²) in [5.41, 5.74) is 1.02. The van der Waals surface area contributed by atoms with Crippen molar-refractivity contribution in [1.82, 2.24) is 9.62 Å². The standard InChI is InChI=1S/C23H31N3O5S/c1-4-18(2)24-32(28,29)20-11-9-19(10-12-20)31-17-23(27)26-15-13-25(14-16-26)21-7-5-6-8-22(21)30-3/h5-12,18,24H,4,13-17H2,1-3H3/t18-/m1/s1. The zero-order chi connectivity index (χ0) is 23.1. The second-order valence-electron chi connectivity index (χ2n) is 7.73. The van der Waals surface area contributed by atoms with Crippen molar-refractivity contribution in [3.05, 3.63) is 48.5 Å². The number of ether oxygens (including phenoxy) is 2. The third kappa shape index (κ3) is 5.92. The fraction of sp³-hybridized carbons (Fsp3) is 0.435. The molecule has 9 heteroatoms. The summed E-state index contributed by atoms with van der Waals surface area (Å²) in [4.78, 5) is 16.7. The summed E-state index contributed by atoms with van der Waals surface area (Å²) in [7, 11) is -1.91. The number of hydrogen-bond acceptors (Lipinski definition) is 6. The van der Waals surface area contributed by atoms with E-state index in [1.54, 1.807) is 24.1 Å². The minimum absolute atomic E-state index is 0.0914. The lowest BCUT2D eigenvalue weighted by atomic mass is 10.2. The Morgan fingerprint density at radius 1 is 1.06 bits per heavy atom. The van der Waals surface area contributed by atoms with Crippen LogP contribution >= 0.6 is 0 Å². The van der Waals surface area contributed by atoms with Gasteiger partial charge in [-0.25, -0.2) is 13.1 Å². The first-order chi connectivity index (χ1) is 15.3. The number of carbonyl (C=O) groups excluding carboxylic acids is 1. The number of piperazine rings is 1. The summed E-state index contributed by atoms with van der Waals surface area (Å²) >= 11 is 0. The van der Waals surface area contributed by atoms with Crippen molar-refractivity contribution in [2.75, 3.05) is 44.8 Å². The largest absolute Gasteiger partial charge is 0.495 e. The van der Waals surface area contributed by atoms with Gasteiger partial charge in [-0.2, -0.15) is 0 Å². The molecule has 1 aliphatic rings. The van der Waals surface area contributed by atoms with Gasteiger partial charge in [0.25, 0.3) is 5.91 Å². The van der Waals surface area contributed by atoms with Crippen molar-refractivity contribution in [3.8, 4) is 11.5 Å². The molecule has 0 bridgehead atoms. The molecule has 1 aliphatic heterocycles. The molecule has 1 amide bonds. The van der Waals surface area contributed by atoms with Crippen LogP contribution in [0.4, 0.5) is 5.69 Å². The van der Waals surface area contributed by atoms with Gasteiger partial charge in [-0.3, -0.25) is 4.79 Å². The van der Waals surface area contributed by atoms with Crippen LogP contribution in [0.3, 0.4) is 0 Å². The molecule has 0 spiro atoms. The van der Waals surface area contributed by atoms with E-state index in [1.165, 1.54) is 12.1 Å². The average Bonchev–Trinajstić information content (AvgIpc) is 2.82. The lowest BCUT2D eigenvalue weighted by Gasteiger charge is -2.36. The van der Waals surface area contributed by atoms with Crippen molar-refractivity contribution in [3.63, 3.8) is 0 Å². The molecule has 32 heavy (non-hydrogen) atoms. The number of nitrogens with zero attached hydrogens (tertiary/aromatic N) is 2. The zero-order valence-corrected chi connectivity index (χ0v) is 19.6. The van der Waals surface area contributed by atoms with E-state index in [0.29, 0.717) is 38.3 Å². The SMILES string of the molecule is CC[C@@H](C)NS(=O)(=O)c1ccc(OCC(=O)N2CCN(c3ccccc3OC)CC2)cc1. The molecule has 3 rings (SSSR count). The fourth-order valence-corrected chi connectivity index (χ4v) is 4.78. The van der Waals surface area contributed by atoms with Gasteiger partial charge in [-0.1, -0.05) is 19.1 Å². The number of nitrogens with one attached hydrogen (secondary N) is 1. The fourth-order valence-electron chi connectivity index (χ4n) is 3.46. The highest BCUT2D eigenvalue weighted by atomic mass is 32.2. The topological polar surface area (TPSA) is 88.2 Å². The second-order valence-corrected chi connectivity index (χ2v) is 9.44. The van der Waals surface area contributed by atoms with E-state index in [0.717, 1.165) is 11.4 Å². The molecule has 1 saturated heterocycles. The Morgan fingerprint density at radius 2 is 1.72 bits per heavy atom. The molecule has 1 atom stereocenters. The first kappa shape index (κ1) is 23.9. The van der Waals surface area contributed by atoms with Gasteiger partial charge >= 0.3 is 0 Å². The highest BCUT2D eigenvalue weighted by molar-refractivity contribution is 7.89. The molecular weight excluding hydrogens is 430 g/mol. The van der Waals surface area contributed by atoms with Gasteiger partial charge in [0.15, 0.2) is 6.61 Å². The number of amides is 1. The Hall–Kier alpha value is -2.78. The number of sulfonamides is 1. The summed E-state index contributed by atoms with van der Waals surface area (Å²) in [6.07, 6.45) is 0.704. The maximum Gasteiger partial charge on any atom is 0.260 e. The van der Waals surface area contributed by atoms with Crippen molar-refractivity contribution >= 4 is 21.6 Å². The normalized spacial score (nSPS) is 15.3. The Morgan fingerprint density at radius 3 is 2.34 bits per heavy atom. The summed E-state index contributed by atoms with van der Waals surface area (Å²) < 4.78 is 38.3. The van der Waals surface area contributed by atoms with E-state index in [1.807, 2.05) is 38.1 Å². The third-order valence-corrected chi connectivity index (χ3v) is 7.13. The van der Waals surface area contributed by atoms with Gasteiger partial charge in [-0.15, -0.1) is 0 Å². The number of rotatable bonds is 9. The molecular formula is C23H31N3O5S. The van der Waals surface area contributed by atoms with E-state index in [9.17, 15) is 13.2 Å². The van der Waals surface area contributed by atoms with E-state index in [2.05, 4.69) is 9.62 Å². The van der Waals surface area contributed by atoms with Crippen molar-refractivity contribution in [1.29, 1.82) is 0 Å². The Labute approximate surface area is 190 Å². The van der Waals surface area contributed by atoms with Gasteiger partial charge in [-0.05, 0) is 49.7 Å². The summed E-state index contributed by atoms with van der Waals surface area (Å²) in [6.45, 7) is 6.25. The first-order valence-corrected chi connectivity index (χ1v) is 12.2. The molecule has 174 valence electrons. The van der Waals surface area contributed by atoms with Crippen molar-refractivity contribution in [2.24, 2.45) is 0 Å². The van der Waals surface area contributed by atoms with Gasteiger partial charge < -0.3 is 19.3 Å². The van der Waals surface area contributed by atoms with Crippen LogP contribution in [0, 0.1) is 0 Å². The van der Waals surface area contributed by atoms with Crippen LogP contribution in [-0.4, -0.2) is 65.2 Å². The Kier molecular flexibility index (Phi) is 7.98. The lowest BCUT2D eigenvalue weighted by molar-refractivity contribution is -0.133. The number of carbonyl (C=O) groups is 1. The van der Waals surface area contributed by atoms with Crippen LogP contribution in [0.25, 0.3) is 0 Å². The van der Waals surface area contributed by atoms with Crippen LogP contribution < -0.4 is 19.1 Å². The Bertz CT molecular complexity index is 1000. The average molecular weight is 462 g/mol. The van der Waals surface area contributed by atoms with Gasteiger partial charge in [0, 0.05) is 32.2 Å². The minimum Gasteiger partial charge on any atom is -0.495 e. The molecule has 0 unspecified atom stereocenters. The van der Waals surface area contributed by atoms with Crippen molar-refractivity contribution in [2.45, 2.75) is 31.2 Å². The molecule has 0 saturated carbocycles. The predicted molar refractivity (Wildman–Crippen MR) is 124 cm³/mol. The molecule has 1 fully saturated rings. The number of methoxy groups -OCH3 is 1. The number of hydrogen-bond donors (Lipinski definition) is 1. The molecule has 0 aromatic heterocycles. The number of para-hydroxylation sites is 2. The monoisotopic (exact) mass is 461 g/mol. The number of anilines is 1. The van der Waals surface area contributed by atoms with Crippen LogP contribution in [0.5, 0.6) is 11.5 Å². The molecule has 2 aromatic carbocycles. The van der Waals surface area contributed by atoms with Crippen molar-refractivity contribution < 1.29 is 22.7 Å². The van der Waals surface area contributed by atoms with Gasteiger partial charge in [0.05, 0.1) is 17.7 Å². The number of benzene rings is 2. The van der Waals surface area contributed by atoms with E-state index < -0.39 is 10.0 Å². The van der Waals surface area contributed by atoms with Gasteiger partial charge in [0.2, 0.25) is 10.0 Å². The summed E-state index contributed by atoms with van der Waals surface area (Å²) in [6, 6.07) is 13.8. The smallest absolute Gasteiger partial charge is 0.260 e. The van der Waals surface area contributed by atoms with Crippen LogP contribution in [0.1, 0.15) is 20.3 Å². The highest BCUT2D eigenvalue weighted by Gasteiger charge is 2.23. The predicted octanol–water partition coefficient (Wildman–Crippen LogP) is 2.50. The molecule has 0 radical (unpaired) electrons. The maximum atomic E-state index is 12.6. The molecule has 1 N–H and O–H groups in total. The molecule has 8 nitrogen and oxygen atoms in total. The van der Waals surface area contributed by atoms with Gasteiger partial charge in [0.1, 0.15) is 11.5 Å². The highest BCUT2D eigenvalue weighted by Crippen LogP contribution is 2.28. The lowest BCUT2D eigenvalue weighted by Crippen LogP contribution is -2.50. The third-order valence-electron chi connectivity index (χ3n) is 5.52. The Balaban J connectivity index is 1.50. The molecule has 2 aromatic rings. The second kappa shape index (κ2) is 10.7. The maximum absolute atomic E-state index is 12.6. The van der Waals surface area contributed by atoms with E-state index >= 15 is 0 Å². The van der Waals surface area contributed by atoms with Crippen LogP contribution in [0.2, 0.25) is 0 Å². The molecule has 0 aliphatic carbocycles. The summed E-state index contributed by atoms with van der Waals surface area (Å²) in [5, 5.41) is 0. The first-order valence-electron chi connectivity index (χ1n) is 10.7. The summed E-state index contributed by atoms with van der Waals surface area (Å²) in [5.74, 6) is 1.17. The van der Waals surface area contributed by atoms with E-state index in [4.69, 9.17) is 9.47 Å². The zero-order valence-electron chi connectivity index (χ0n) is 18.8.